The Kier molecular flexibility index (Phi) is 4.43. The van der Waals surface area contributed by atoms with Crippen LogP contribution in [0.25, 0.3) is 0 Å². The average molecular weight is 286 g/mol. The first-order valence-electron chi connectivity index (χ1n) is 7.09. The zero-order chi connectivity index (χ0) is 15.5. The molecule has 1 heterocycles. The highest BCUT2D eigenvalue weighted by molar-refractivity contribution is 5.41. The first kappa shape index (κ1) is 15.3. The Bertz CT molecular complexity index is 651. The van der Waals surface area contributed by atoms with E-state index in [2.05, 4.69) is 15.3 Å². The molecule has 4 N–H and O–H groups in total. The second-order valence-corrected chi connectivity index (χ2v) is 5.70. The van der Waals surface area contributed by atoms with Crippen LogP contribution in [0.3, 0.4) is 0 Å². The van der Waals surface area contributed by atoms with Crippen molar-refractivity contribution in [1.29, 1.82) is 0 Å². The SMILES string of the molecule is CC(C)c1nc(NC(C)(CN)c2ccccc2)cc(=O)[nH]1. The van der Waals surface area contributed by atoms with Crippen LogP contribution in [0, 0.1) is 0 Å². The smallest absolute Gasteiger partial charge is 0.252 e. The van der Waals surface area contributed by atoms with E-state index in [0.29, 0.717) is 18.2 Å². The standard InChI is InChI=1S/C16H22N4O/c1-11(2)15-18-13(9-14(21)19-15)20-16(3,10-17)12-7-5-4-6-8-12/h4-9,11H,10,17H2,1-3H3,(H2,18,19,20,21). The minimum Gasteiger partial charge on any atom is -0.359 e. The average Bonchev–Trinajstić information content (AvgIpc) is 2.47. The lowest BCUT2D eigenvalue weighted by atomic mass is 9.92. The number of nitrogens with two attached hydrogens (primary N) is 1. The molecule has 1 aromatic heterocycles. The molecular weight excluding hydrogens is 264 g/mol. The first-order valence-corrected chi connectivity index (χ1v) is 7.09. The summed E-state index contributed by atoms with van der Waals surface area (Å²) in [7, 11) is 0. The molecule has 0 fully saturated rings. The van der Waals surface area contributed by atoms with Crippen molar-refractivity contribution in [2.45, 2.75) is 32.2 Å². The highest BCUT2D eigenvalue weighted by atomic mass is 16.1. The van der Waals surface area contributed by atoms with Crippen LogP contribution >= 0.6 is 0 Å². The molecule has 0 amide bonds. The third kappa shape index (κ3) is 3.49. The number of hydrogen-bond acceptors (Lipinski definition) is 4. The quantitative estimate of drug-likeness (QED) is 0.786. The number of anilines is 1. The maximum atomic E-state index is 11.8. The fourth-order valence-corrected chi connectivity index (χ4v) is 2.14. The lowest BCUT2D eigenvalue weighted by molar-refractivity contribution is 0.552. The summed E-state index contributed by atoms with van der Waals surface area (Å²) in [6, 6.07) is 11.4. The van der Waals surface area contributed by atoms with E-state index in [0.717, 1.165) is 5.56 Å². The number of nitrogens with one attached hydrogen (secondary N) is 2. The van der Waals surface area contributed by atoms with Gasteiger partial charge in [-0.15, -0.1) is 0 Å². The summed E-state index contributed by atoms with van der Waals surface area (Å²) in [6.07, 6.45) is 0. The number of H-pyrrole nitrogens is 1. The Labute approximate surface area is 124 Å². The predicted molar refractivity (Wildman–Crippen MR) is 85.4 cm³/mol. The highest BCUT2D eigenvalue weighted by Gasteiger charge is 2.25. The van der Waals surface area contributed by atoms with E-state index in [1.54, 1.807) is 0 Å². The fourth-order valence-electron chi connectivity index (χ4n) is 2.14. The normalized spacial score (nSPS) is 14.0. The Hall–Kier alpha value is -2.14. The van der Waals surface area contributed by atoms with Crippen LogP contribution in [0.1, 0.15) is 38.1 Å². The summed E-state index contributed by atoms with van der Waals surface area (Å²) in [5.41, 5.74) is 6.36. The summed E-state index contributed by atoms with van der Waals surface area (Å²) >= 11 is 0. The Morgan fingerprint density at radius 3 is 2.57 bits per heavy atom. The topological polar surface area (TPSA) is 83.8 Å². The van der Waals surface area contributed by atoms with Gasteiger partial charge < -0.3 is 16.0 Å². The van der Waals surface area contributed by atoms with E-state index in [9.17, 15) is 4.79 Å². The molecule has 2 aromatic rings. The van der Waals surface area contributed by atoms with Gasteiger partial charge in [-0.1, -0.05) is 44.2 Å². The van der Waals surface area contributed by atoms with Gasteiger partial charge in [-0.05, 0) is 12.5 Å². The molecule has 0 aliphatic rings. The molecule has 112 valence electrons. The Morgan fingerprint density at radius 2 is 2.00 bits per heavy atom. The maximum Gasteiger partial charge on any atom is 0.252 e. The van der Waals surface area contributed by atoms with E-state index in [-0.39, 0.29) is 11.5 Å². The minimum atomic E-state index is -0.476. The third-order valence-electron chi connectivity index (χ3n) is 3.53. The van der Waals surface area contributed by atoms with Crippen LogP contribution in [-0.2, 0) is 5.54 Å². The molecule has 0 saturated carbocycles. The number of nitrogens with zero attached hydrogens (tertiary/aromatic N) is 1. The van der Waals surface area contributed by atoms with Gasteiger partial charge in [0.2, 0.25) is 0 Å². The molecule has 0 saturated heterocycles. The Morgan fingerprint density at radius 1 is 1.33 bits per heavy atom. The lowest BCUT2D eigenvalue weighted by Gasteiger charge is -2.30. The van der Waals surface area contributed by atoms with Crippen LogP contribution < -0.4 is 16.6 Å². The number of benzene rings is 1. The fraction of sp³-hybridized carbons (Fsp3) is 0.375. The van der Waals surface area contributed by atoms with Crippen LogP contribution in [-0.4, -0.2) is 16.5 Å². The van der Waals surface area contributed by atoms with Gasteiger partial charge >= 0.3 is 0 Å². The van der Waals surface area contributed by atoms with E-state index in [1.807, 2.05) is 51.1 Å². The second kappa shape index (κ2) is 6.10. The Balaban J connectivity index is 2.37. The van der Waals surface area contributed by atoms with Crippen LogP contribution in [0.5, 0.6) is 0 Å². The number of aromatic amines is 1. The van der Waals surface area contributed by atoms with Crippen molar-refractivity contribution in [2.75, 3.05) is 11.9 Å². The van der Waals surface area contributed by atoms with Gasteiger partial charge in [0.05, 0.1) is 5.54 Å². The summed E-state index contributed by atoms with van der Waals surface area (Å²) < 4.78 is 0. The molecule has 2 rings (SSSR count). The number of aromatic nitrogens is 2. The van der Waals surface area contributed by atoms with Gasteiger partial charge in [0.1, 0.15) is 11.6 Å². The molecule has 0 bridgehead atoms. The zero-order valence-electron chi connectivity index (χ0n) is 12.7. The van der Waals surface area contributed by atoms with Gasteiger partial charge in [-0.3, -0.25) is 4.79 Å². The molecule has 5 heteroatoms. The molecular formula is C16H22N4O. The molecule has 1 unspecified atom stereocenters. The second-order valence-electron chi connectivity index (χ2n) is 5.70. The van der Waals surface area contributed by atoms with Gasteiger partial charge in [0.15, 0.2) is 0 Å². The van der Waals surface area contributed by atoms with Gasteiger partial charge in [0.25, 0.3) is 5.56 Å². The predicted octanol–water partition coefficient (Wildman–Crippen LogP) is 2.18. The van der Waals surface area contributed by atoms with E-state index < -0.39 is 5.54 Å². The van der Waals surface area contributed by atoms with Crippen LogP contribution in [0.4, 0.5) is 5.82 Å². The molecule has 0 aliphatic carbocycles. The van der Waals surface area contributed by atoms with E-state index >= 15 is 0 Å². The van der Waals surface area contributed by atoms with Crippen molar-refractivity contribution in [2.24, 2.45) is 5.73 Å². The van der Waals surface area contributed by atoms with Gasteiger partial charge in [-0.25, -0.2) is 4.98 Å². The molecule has 0 aliphatic heterocycles. The molecule has 1 atom stereocenters. The van der Waals surface area contributed by atoms with Crippen molar-refractivity contribution in [1.82, 2.24) is 9.97 Å². The van der Waals surface area contributed by atoms with E-state index in [4.69, 9.17) is 5.73 Å². The minimum absolute atomic E-state index is 0.153. The monoisotopic (exact) mass is 286 g/mol. The first-order chi connectivity index (χ1) is 9.94. The van der Waals surface area contributed by atoms with Crippen molar-refractivity contribution in [3.05, 3.63) is 58.1 Å². The van der Waals surface area contributed by atoms with Crippen molar-refractivity contribution >= 4 is 5.82 Å². The van der Waals surface area contributed by atoms with Crippen molar-refractivity contribution < 1.29 is 0 Å². The summed E-state index contributed by atoms with van der Waals surface area (Å²) in [4.78, 5) is 19.0. The zero-order valence-corrected chi connectivity index (χ0v) is 12.7. The summed E-state index contributed by atoms with van der Waals surface area (Å²) in [5, 5.41) is 3.30. The maximum absolute atomic E-state index is 11.8. The number of hydrogen-bond donors (Lipinski definition) is 3. The van der Waals surface area contributed by atoms with Crippen molar-refractivity contribution in [3.63, 3.8) is 0 Å². The molecule has 0 radical (unpaired) electrons. The summed E-state index contributed by atoms with van der Waals surface area (Å²) in [6.45, 7) is 6.37. The molecule has 1 aromatic carbocycles. The lowest BCUT2D eigenvalue weighted by Crippen LogP contribution is -2.40. The number of rotatable bonds is 5. The van der Waals surface area contributed by atoms with Crippen LogP contribution in [0.15, 0.2) is 41.2 Å². The van der Waals surface area contributed by atoms with Gasteiger partial charge in [0, 0.05) is 18.5 Å². The highest BCUT2D eigenvalue weighted by Crippen LogP contribution is 2.24. The van der Waals surface area contributed by atoms with Crippen molar-refractivity contribution in [3.8, 4) is 0 Å². The molecule has 21 heavy (non-hydrogen) atoms. The van der Waals surface area contributed by atoms with E-state index in [1.165, 1.54) is 6.07 Å². The largest absolute Gasteiger partial charge is 0.359 e. The van der Waals surface area contributed by atoms with Gasteiger partial charge in [-0.2, -0.15) is 0 Å². The van der Waals surface area contributed by atoms with Crippen LogP contribution in [0.2, 0.25) is 0 Å². The summed E-state index contributed by atoms with van der Waals surface area (Å²) in [5.74, 6) is 1.36. The third-order valence-corrected chi connectivity index (χ3v) is 3.53. The molecule has 0 spiro atoms. The molecule has 5 nitrogen and oxygen atoms in total.